The number of morpholine rings is 1. The average molecular weight is 346 g/mol. The molecule has 25 heavy (non-hydrogen) atoms. The van der Waals surface area contributed by atoms with E-state index in [1.165, 1.54) is 0 Å². The topological polar surface area (TPSA) is 58.6 Å². The number of hydrogen-bond acceptors (Lipinski definition) is 4. The van der Waals surface area contributed by atoms with Gasteiger partial charge >= 0.3 is 0 Å². The first kappa shape index (κ1) is 19.6. The summed E-state index contributed by atoms with van der Waals surface area (Å²) in [5, 5.41) is 2.92. The van der Waals surface area contributed by atoms with Crippen molar-refractivity contribution < 1.29 is 14.3 Å². The standard InChI is InChI=1S/C20H30N2O3/c1-20(2,3)19(24)21-15-16-6-8-17(9-7-16)18(23)5-4-10-22-11-13-25-14-12-22/h6-9H,4-5,10-15H2,1-3H3,(H,21,24). The van der Waals surface area contributed by atoms with Crippen LogP contribution in [-0.4, -0.2) is 49.4 Å². The van der Waals surface area contributed by atoms with Gasteiger partial charge in [0.05, 0.1) is 13.2 Å². The molecule has 0 spiro atoms. The van der Waals surface area contributed by atoms with E-state index in [1.807, 2.05) is 45.0 Å². The van der Waals surface area contributed by atoms with Crippen LogP contribution in [0.4, 0.5) is 0 Å². The summed E-state index contributed by atoms with van der Waals surface area (Å²) in [6, 6.07) is 7.54. The van der Waals surface area contributed by atoms with E-state index in [1.54, 1.807) is 0 Å². The molecular weight excluding hydrogens is 316 g/mol. The van der Waals surface area contributed by atoms with Crippen molar-refractivity contribution in [3.8, 4) is 0 Å². The fourth-order valence-electron chi connectivity index (χ4n) is 2.69. The Balaban J connectivity index is 1.74. The zero-order valence-electron chi connectivity index (χ0n) is 15.6. The molecule has 2 rings (SSSR count). The highest BCUT2D eigenvalue weighted by Gasteiger charge is 2.20. The van der Waals surface area contributed by atoms with Crippen molar-refractivity contribution in [3.05, 3.63) is 35.4 Å². The predicted molar refractivity (Wildman–Crippen MR) is 98.6 cm³/mol. The molecule has 1 heterocycles. The van der Waals surface area contributed by atoms with Crippen molar-refractivity contribution in [2.24, 2.45) is 5.41 Å². The Morgan fingerprint density at radius 2 is 1.76 bits per heavy atom. The van der Waals surface area contributed by atoms with Crippen molar-refractivity contribution in [1.82, 2.24) is 10.2 Å². The first-order valence-corrected chi connectivity index (χ1v) is 9.07. The Kier molecular flexibility index (Phi) is 7.14. The molecule has 1 aliphatic heterocycles. The van der Waals surface area contributed by atoms with E-state index in [9.17, 15) is 9.59 Å². The second kappa shape index (κ2) is 9.11. The number of ketones is 1. The Morgan fingerprint density at radius 1 is 1.12 bits per heavy atom. The number of rotatable bonds is 7. The highest BCUT2D eigenvalue weighted by molar-refractivity contribution is 5.96. The van der Waals surface area contributed by atoms with Crippen LogP contribution >= 0.6 is 0 Å². The number of nitrogens with zero attached hydrogens (tertiary/aromatic N) is 1. The lowest BCUT2D eigenvalue weighted by Gasteiger charge is -2.26. The minimum Gasteiger partial charge on any atom is -0.379 e. The lowest BCUT2D eigenvalue weighted by molar-refractivity contribution is -0.128. The van der Waals surface area contributed by atoms with Gasteiger partial charge in [-0.2, -0.15) is 0 Å². The van der Waals surface area contributed by atoms with Gasteiger partial charge in [0.1, 0.15) is 0 Å². The van der Waals surface area contributed by atoms with Crippen molar-refractivity contribution in [3.63, 3.8) is 0 Å². The number of ether oxygens (including phenoxy) is 1. The SMILES string of the molecule is CC(C)(C)C(=O)NCc1ccc(C(=O)CCCN2CCOCC2)cc1. The number of carbonyl (C=O) groups is 2. The molecule has 5 heteroatoms. The van der Waals surface area contributed by atoms with E-state index in [0.717, 1.165) is 50.4 Å². The van der Waals surface area contributed by atoms with Gasteiger partial charge in [-0.3, -0.25) is 14.5 Å². The molecule has 1 aromatic carbocycles. The van der Waals surface area contributed by atoms with Gasteiger partial charge in [-0.25, -0.2) is 0 Å². The maximum Gasteiger partial charge on any atom is 0.225 e. The fourth-order valence-corrected chi connectivity index (χ4v) is 2.69. The van der Waals surface area contributed by atoms with Gasteiger partial charge in [0.25, 0.3) is 0 Å². The second-order valence-corrected chi connectivity index (χ2v) is 7.61. The zero-order valence-corrected chi connectivity index (χ0v) is 15.6. The molecule has 1 fully saturated rings. The van der Waals surface area contributed by atoms with Crippen LogP contribution < -0.4 is 5.32 Å². The van der Waals surface area contributed by atoms with Gasteiger partial charge in [0.2, 0.25) is 5.91 Å². The van der Waals surface area contributed by atoms with Crippen LogP contribution in [0.1, 0.15) is 49.5 Å². The van der Waals surface area contributed by atoms with Crippen molar-refractivity contribution in [1.29, 1.82) is 0 Å². The summed E-state index contributed by atoms with van der Waals surface area (Å²) in [5.41, 5.74) is 1.35. The molecule has 0 radical (unpaired) electrons. The molecule has 0 aliphatic carbocycles. The predicted octanol–water partition coefficient (Wildman–Crippen LogP) is 2.64. The molecule has 0 bridgehead atoms. The number of Topliss-reactive ketones (excluding diaryl/α,β-unsaturated/α-hetero) is 1. The summed E-state index contributed by atoms with van der Waals surface area (Å²) >= 11 is 0. The smallest absolute Gasteiger partial charge is 0.225 e. The van der Waals surface area contributed by atoms with Crippen LogP contribution in [0.3, 0.4) is 0 Å². The number of hydrogen-bond donors (Lipinski definition) is 1. The minimum absolute atomic E-state index is 0.0239. The highest BCUT2D eigenvalue weighted by atomic mass is 16.5. The second-order valence-electron chi connectivity index (χ2n) is 7.61. The van der Waals surface area contributed by atoms with E-state index >= 15 is 0 Å². The number of carbonyl (C=O) groups excluding carboxylic acids is 2. The monoisotopic (exact) mass is 346 g/mol. The van der Waals surface area contributed by atoms with Crippen LogP contribution in [-0.2, 0) is 16.1 Å². The number of nitrogens with one attached hydrogen (secondary N) is 1. The van der Waals surface area contributed by atoms with Crippen molar-refractivity contribution in [2.75, 3.05) is 32.8 Å². The third-order valence-electron chi connectivity index (χ3n) is 4.39. The lowest BCUT2D eigenvalue weighted by atomic mass is 9.95. The molecule has 0 atom stereocenters. The summed E-state index contributed by atoms with van der Waals surface area (Å²) in [6.07, 6.45) is 1.44. The van der Waals surface area contributed by atoms with Gasteiger partial charge in [0.15, 0.2) is 5.78 Å². The third-order valence-corrected chi connectivity index (χ3v) is 4.39. The molecule has 1 aliphatic rings. The number of benzene rings is 1. The van der Waals surface area contributed by atoms with Crippen LogP contribution in [0.25, 0.3) is 0 Å². The molecule has 1 aromatic rings. The summed E-state index contributed by atoms with van der Waals surface area (Å²) in [7, 11) is 0. The molecule has 1 saturated heterocycles. The zero-order chi connectivity index (χ0) is 18.3. The molecule has 1 N–H and O–H groups in total. The van der Waals surface area contributed by atoms with Gasteiger partial charge in [-0.05, 0) is 18.5 Å². The van der Waals surface area contributed by atoms with E-state index in [4.69, 9.17) is 4.74 Å². The highest BCUT2D eigenvalue weighted by Crippen LogP contribution is 2.14. The Bertz CT molecular complexity index is 570. The molecule has 1 amide bonds. The van der Waals surface area contributed by atoms with Crippen molar-refractivity contribution >= 4 is 11.7 Å². The van der Waals surface area contributed by atoms with Gasteiger partial charge in [-0.1, -0.05) is 45.0 Å². The quantitative estimate of drug-likeness (QED) is 0.771. The average Bonchev–Trinajstić information content (AvgIpc) is 2.60. The fraction of sp³-hybridized carbons (Fsp3) is 0.600. The maximum atomic E-state index is 12.3. The summed E-state index contributed by atoms with van der Waals surface area (Å²) < 4.78 is 5.33. The summed E-state index contributed by atoms with van der Waals surface area (Å²) in [4.78, 5) is 26.5. The molecular formula is C20H30N2O3. The normalized spacial score (nSPS) is 15.8. The largest absolute Gasteiger partial charge is 0.379 e. The van der Waals surface area contributed by atoms with E-state index in [2.05, 4.69) is 10.2 Å². The first-order valence-electron chi connectivity index (χ1n) is 9.07. The van der Waals surface area contributed by atoms with Gasteiger partial charge < -0.3 is 10.1 Å². The van der Waals surface area contributed by atoms with Crippen LogP contribution in [0, 0.1) is 5.41 Å². The maximum absolute atomic E-state index is 12.3. The van der Waals surface area contributed by atoms with Crippen LogP contribution in [0.2, 0.25) is 0 Å². The van der Waals surface area contributed by atoms with Crippen LogP contribution in [0.15, 0.2) is 24.3 Å². The minimum atomic E-state index is -0.392. The Morgan fingerprint density at radius 3 is 2.36 bits per heavy atom. The van der Waals surface area contributed by atoms with E-state index in [-0.39, 0.29) is 11.7 Å². The molecule has 138 valence electrons. The van der Waals surface area contributed by atoms with Crippen molar-refractivity contribution in [2.45, 2.75) is 40.2 Å². The van der Waals surface area contributed by atoms with Crippen LogP contribution in [0.5, 0.6) is 0 Å². The molecule has 5 nitrogen and oxygen atoms in total. The number of amides is 1. The lowest BCUT2D eigenvalue weighted by Crippen LogP contribution is -2.36. The van der Waals surface area contributed by atoms with Gasteiger partial charge in [0, 0.05) is 37.0 Å². The first-order chi connectivity index (χ1) is 11.9. The Hall–Kier alpha value is -1.72. The summed E-state index contributed by atoms with van der Waals surface area (Å²) in [5.74, 6) is 0.203. The molecule has 0 saturated carbocycles. The molecule has 0 aromatic heterocycles. The van der Waals surface area contributed by atoms with E-state index < -0.39 is 5.41 Å². The van der Waals surface area contributed by atoms with Gasteiger partial charge in [-0.15, -0.1) is 0 Å². The molecule has 0 unspecified atom stereocenters. The third kappa shape index (κ3) is 6.59. The van der Waals surface area contributed by atoms with E-state index in [0.29, 0.717) is 13.0 Å². The summed E-state index contributed by atoms with van der Waals surface area (Å²) in [6.45, 7) is 10.6. The Labute approximate surface area is 150 Å².